The highest BCUT2D eigenvalue weighted by Gasteiger charge is 2.48. The Morgan fingerprint density at radius 2 is 1.60 bits per heavy atom. The number of nitrogen functional groups attached to an aromatic ring is 1. The second-order valence-electron chi connectivity index (χ2n) is 19.3. The minimum Gasteiger partial charge on any atom is -0.496 e. The molecule has 0 spiro atoms. The highest BCUT2D eigenvalue weighted by Crippen LogP contribution is 2.32. The number of aliphatic hydroxyl groups excluding tert-OH is 3. The summed E-state index contributed by atoms with van der Waals surface area (Å²) in [6.07, 6.45) is 1.34. The molecule has 0 radical (unpaired) electrons. The van der Waals surface area contributed by atoms with Gasteiger partial charge >= 0.3 is 12.1 Å². The molecular weight excluding hydrogens is 971 g/mol. The molecule has 4 aromatic rings. The lowest BCUT2D eigenvalue weighted by atomic mass is 9.97. The monoisotopic (exact) mass is 1050 g/mol. The number of hydrogen-bond acceptors (Lipinski definition) is 17. The number of ether oxygens (including phenoxy) is 5. The zero-order valence-electron chi connectivity index (χ0n) is 43.7. The number of methoxy groups -OCH3 is 1. The fourth-order valence-corrected chi connectivity index (χ4v) is 9.03. The molecule has 0 aliphatic carbocycles. The Balaban J connectivity index is 1.01. The van der Waals surface area contributed by atoms with E-state index >= 15 is 0 Å². The summed E-state index contributed by atoms with van der Waals surface area (Å²) in [4.78, 5) is 63.4. The zero-order chi connectivity index (χ0) is 53.9. The van der Waals surface area contributed by atoms with Crippen molar-refractivity contribution in [2.75, 3.05) is 76.0 Å². The van der Waals surface area contributed by atoms with Crippen molar-refractivity contribution in [2.45, 2.75) is 135 Å². The molecular formula is C53H77N9O13. The van der Waals surface area contributed by atoms with Gasteiger partial charge < -0.3 is 75.3 Å². The fraction of sp³-hybridized carbons (Fsp3) is 0.585. The van der Waals surface area contributed by atoms with Crippen LogP contribution in [0.3, 0.4) is 0 Å². The third kappa shape index (κ3) is 17.1. The number of carboxylic acids is 1. The first-order valence-corrected chi connectivity index (χ1v) is 26.2. The smallest absolute Gasteiger partial charge is 0.410 e. The van der Waals surface area contributed by atoms with Gasteiger partial charge in [0.15, 0.2) is 11.9 Å². The number of nitrogens with one attached hydrogen (secondary N) is 3. The molecule has 22 heteroatoms. The van der Waals surface area contributed by atoms with Crippen LogP contribution in [-0.4, -0.2) is 159 Å². The average Bonchev–Trinajstić information content (AvgIpc) is 3.81. The SMILES string of the molecule is CCCCC(C)CCCCCNc1nc(N)nc2ccn(Cc3ccc(CN4CCN(C(=O)OCc5ccc(O[C@@H]6O[C@H](C(=O)O)[C@@H](O)[C@H](O)[C@H]6O)c(NC(=O)CCNC(=O)CCOCCC)c5)CC4)cc3OC)c12. The average molecular weight is 1050 g/mol. The Morgan fingerprint density at radius 3 is 2.35 bits per heavy atom. The van der Waals surface area contributed by atoms with E-state index in [1.165, 1.54) is 50.3 Å². The molecule has 9 N–H and O–H groups in total. The molecule has 2 fully saturated rings. The normalized spacial score (nSPS) is 19.3. The third-order valence-electron chi connectivity index (χ3n) is 13.3. The Kier molecular flexibility index (Phi) is 22.5. The molecule has 4 heterocycles. The van der Waals surface area contributed by atoms with E-state index in [0.717, 1.165) is 59.6 Å². The molecule has 0 saturated carbocycles. The van der Waals surface area contributed by atoms with E-state index in [0.29, 0.717) is 57.3 Å². The maximum Gasteiger partial charge on any atom is 0.410 e. The van der Waals surface area contributed by atoms with Gasteiger partial charge in [0.2, 0.25) is 24.1 Å². The highest BCUT2D eigenvalue weighted by atomic mass is 16.7. The largest absolute Gasteiger partial charge is 0.496 e. The minimum absolute atomic E-state index is 0.00655. The van der Waals surface area contributed by atoms with Crippen LogP contribution in [-0.2, 0) is 48.3 Å². The Morgan fingerprint density at radius 1 is 0.827 bits per heavy atom. The number of piperazine rings is 1. The first-order chi connectivity index (χ1) is 36.2. The van der Waals surface area contributed by atoms with Crippen molar-refractivity contribution in [2.24, 2.45) is 5.92 Å². The van der Waals surface area contributed by atoms with Crippen molar-refractivity contribution < 1.29 is 63.3 Å². The molecule has 1 unspecified atom stereocenters. The molecule has 2 aromatic carbocycles. The maximum absolute atomic E-state index is 13.4. The first-order valence-electron chi connectivity index (χ1n) is 26.2. The van der Waals surface area contributed by atoms with E-state index in [1.54, 1.807) is 12.0 Å². The van der Waals surface area contributed by atoms with Crippen LogP contribution in [0.2, 0.25) is 0 Å². The second-order valence-corrected chi connectivity index (χ2v) is 19.3. The van der Waals surface area contributed by atoms with Crippen LogP contribution in [0.5, 0.6) is 11.5 Å². The van der Waals surface area contributed by atoms with Gasteiger partial charge in [-0.25, -0.2) is 14.6 Å². The van der Waals surface area contributed by atoms with E-state index in [1.807, 2.05) is 25.3 Å². The van der Waals surface area contributed by atoms with Crippen LogP contribution in [0.15, 0.2) is 48.7 Å². The number of amides is 3. The number of hydrogen-bond donors (Lipinski definition) is 8. The molecule has 2 aliphatic rings. The van der Waals surface area contributed by atoms with Crippen LogP contribution < -0.4 is 31.2 Å². The van der Waals surface area contributed by atoms with Crippen molar-refractivity contribution in [1.82, 2.24) is 29.7 Å². The predicted octanol–water partition coefficient (Wildman–Crippen LogP) is 4.86. The molecule has 412 valence electrons. The van der Waals surface area contributed by atoms with E-state index in [4.69, 9.17) is 29.4 Å². The van der Waals surface area contributed by atoms with E-state index in [-0.39, 0.29) is 55.9 Å². The van der Waals surface area contributed by atoms with Gasteiger partial charge in [-0.3, -0.25) is 14.5 Å². The second kappa shape index (κ2) is 29.1. The summed E-state index contributed by atoms with van der Waals surface area (Å²) in [6, 6.07) is 12.5. The molecule has 6 atom stereocenters. The number of carbonyl (C=O) groups excluding carboxylic acids is 3. The molecule has 6 rings (SSSR count). The van der Waals surface area contributed by atoms with E-state index < -0.39 is 48.7 Å². The van der Waals surface area contributed by atoms with Crippen molar-refractivity contribution >= 4 is 52.4 Å². The molecule has 2 aliphatic heterocycles. The number of carbonyl (C=O) groups is 4. The number of aromatic nitrogens is 3. The summed E-state index contributed by atoms with van der Waals surface area (Å²) in [7, 11) is 1.66. The quantitative estimate of drug-likeness (QED) is 0.0337. The van der Waals surface area contributed by atoms with Crippen molar-refractivity contribution in [1.29, 1.82) is 0 Å². The highest BCUT2D eigenvalue weighted by molar-refractivity contribution is 5.93. The summed E-state index contributed by atoms with van der Waals surface area (Å²) in [5, 5.41) is 49.5. The van der Waals surface area contributed by atoms with Gasteiger partial charge in [-0.15, -0.1) is 0 Å². The number of aliphatic hydroxyl groups is 3. The number of benzene rings is 2. The van der Waals surface area contributed by atoms with E-state index in [2.05, 4.69) is 61.4 Å². The molecule has 3 amide bonds. The van der Waals surface area contributed by atoms with Gasteiger partial charge in [0.05, 0.1) is 31.5 Å². The van der Waals surface area contributed by atoms with Gasteiger partial charge in [-0.2, -0.15) is 4.98 Å². The molecule has 22 nitrogen and oxygen atoms in total. The number of fused-ring (bicyclic) bond motifs is 1. The van der Waals surface area contributed by atoms with Gasteiger partial charge in [-0.05, 0) is 54.2 Å². The number of rotatable bonds is 29. The molecule has 2 aromatic heterocycles. The lowest BCUT2D eigenvalue weighted by molar-refractivity contribution is -0.271. The molecule has 75 heavy (non-hydrogen) atoms. The Labute approximate surface area is 438 Å². The topological polar surface area (TPSA) is 295 Å². The minimum atomic E-state index is -1.94. The van der Waals surface area contributed by atoms with E-state index in [9.17, 15) is 39.6 Å². The number of aliphatic carboxylic acids is 1. The van der Waals surface area contributed by atoms with Crippen LogP contribution in [0.1, 0.15) is 102 Å². The number of unbranched alkanes of at least 4 members (excludes halogenated alkanes) is 3. The summed E-state index contributed by atoms with van der Waals surface area (Å²) in [5.41, 5.74) is 10.3. The summed E-state index contributed by atoms with van der Waals surface area (Å²) in [5.74, 6) is -0.0690. The lowest BCUT2D eigenvalue weighted by Gasteiger charge is -2.38. The fourth-order valence-electron chi connectivity index (χ4n) is 9.03. The van der Waals surface area contributed by atoms with Gasteiger partial charge in [-0.1, -0.05) is 77.5 Å². The van der Waals surface area contributed by atoms with Crippen molar-refractivity contribution in [3.8, 4) is 11.5 Å². The van der Waals surface area contributed by atoms with Crippen molar-refractivity contribution in [3.05, 3.63) is 65.4 Å². The van der Waals surface area contributed by atoms with Gasteiger partial charge in [0, 0.05) is 77.0 Å². The third-order valence-corrected chi connectivity index (χ3v) is 13.3. The maximum atomic E-state index is 13.4. The standard InChI is InChI=1S/C53H77N9O13/c1-5-7-11-34(3)12-9-8-10-20-56-49-44-38(58-52(54)59-49)18-22-62(44)32-37-15-13-35(30-41(37)71-4)31-60-23-25-61(26-24-60)53(70)73-33-36-14-16-40(74-51-47(67)45(65)46(66)48(75-51)50(68)69)39(29-36)57-43(64)17-21-55-42(63)19-28-72-27-6-2/h13-16,18,22,29-30,34,45-48,51,65-67H,5-12,17,19-21,23-28,31-33H2,1-4H3,(H,55,63)(H,57,64)(H,68,69)(H3,54,56,58,59)/t34?,45-,46-,47+,48-,51+/m0/s1. The predicted molar refractivity (Wildman–Crippen MR) is 280 cm³/mol. The lowest BCUT2D eigenvalue weighted by Crippen LogP contribution is -2.61. The number of nitrogens with two attached hydrogens (primary N) is 1. The first kappa shape index (κ1) is 58.0. The molecule has 2 saturated heterocycles. The summed E-state index contributed by atoms with van der Waals surface area (Å²) in [6.45, 7) is 11.1. The zero-order valence-corrected chi connectivity index (χ0v) is 43.7. The molecule has 0 bridgehead atoms. The van der Waals surface area contributed by atoms with Crippen molar-refractivity contribution in [3.63, 3.8) is 0 Å². The van der Waals surface area contributed by atoms with Gasteiger partial charge in [0.25, 0.3) is 0 Å². The van der Waals surface area contributed by atoms with Crippen LogP contribution in [0, 0.1) is 5.92 Å². The van der Waals surface area contributed by atoms with Crippen LogP contribution in [0.4, 0.5) is 22.2 Å². The van der Waals surface area contributed by atoms with Crippen LogP contribution >= 0.6 is 0 Å². The van der Waals surface area contributed by atoms with Crippen LogP contribution in [0.25, 0.3) is 11.0 Å². The summed E-state index contributed by atoms with van der Waals surface area (Å²) < 4.78 is 30.1. The summed E-state index contributed by atoms with van der Waals surface area (Å²) >= 11 is 0. The number of carboxylic acid groups (broad SMARTS) is 1. The van der Waals surface area contributed by atoms with Gasteiger partial charge in [0.1, 0.15) is 41.9 Å². The Hall–Kier alpha value is -6.30. The number of nitrogens with zero attached hydrogens (tertiary/aromatic N) is 5. The Bertz CT molecular complexity index is 2490. The number of anilines is 3.